The molecule has 118 valence electrons. The summed E-state index contributed by atoms with van der Waals surface area (Å²) in [5.41, 5.74) is 1.17. The molecule has 1 aromatic rings. The van der Waals surface area contributed by atoms with E-state index in [2.05, 4.69) is 36.0 Å². The summed E-state index contributed by atoms with van der Waals surface area (Å²) in [4.78, 5) is 4.90. The van der Waals surface area contributed by atoms with Gasteiger partial charge in [0.15, 0.2) is 0 Å². The smallest absolute Gasteiger partial charge is 0.123 e. The average Bonchev–Trinajstić information content (AvgIpc) is 2.48. The van der Waals surface area contributed by atoms with Crippen LogP contribution in [0.25, 0.3) is 0 Å². The van der Waals surface area contributed by atoms with Crippen LogP contribution in [0.15, 0.2) is 24.3 Å². The molecule has 1 aliphatic rings. The van der Waals surface area contributed by atoms with E-state index in [-0.39, 0.29) is 5.82 Å². The minimum Gasteiger partial charge on any atom is -0.306 e. The number of piperazine rings is 1. The Bertz CT molecular complexity index is 413. The van der Waals surface area contributed by atoms with E-state index < -0.39 is 0 Å². The van der Waals surface area contributed by atoms with Crippen LogP contribution < -0.4 is 5.32 Å². The van der Waals surface area contributed by atoms with Gasteiger partial charge >= 0.3 is 0 Å². The van der Waals surface area contributed by atoms with Gasteiger partial charge in [0.25, 0.3) is 0 Å². The van der Waals surface area contributed by atoms with E-state index in [1.54, 1.807) is 12.1 Å². The van der Waals surface area contributed by atoms with Crippen molar-refractivity contribution in [3.8, 4) is 0 Å². The van der Waals surface area contributed by atoms with Crippen LogP contribution in [0.3, 0.4) is 0 Å². The van der Waals surface area contributed by atoms with E-state index >= 15 is 0 Å². The maximum absolute atomic E-state index is 13.0. The van der Waals surface area contributed by atoms with Gasteiger partial charge in [-0.15, -0.1) is 0 Å². The number of rotatable bonds is 6. The Hall–Kier alpha value is -0.970. The van der Waals surface area contributed by atoms with Crippen LogP contribution in [-0.4, -0.2) is 55.6 Å². The molecular weight excluding hydrogens is 265 g/mol. The summed E-state index contributed by atoms with van der Waals surface area (Å²) >= 11 is 0. The van der Waals surface area contributed by atoms with Gasteiger partial charge in [0, 0.05) is 44.8 Å². The van der Waals surface area contributed by atoms with Crippen LogP contribution >= 0.6 is 0 Å². The second kappa shape index (κ2) is 7.87. The molecule has 1 aliphatic heterocycles. The molecule has 1 aromatic carbocycles. The zero-order valence-electron chi connectivity index (χ0n) is 13.5. The fourth-order valence-corrected chi connectivity index (χ4v) is 2.96. The Labute approximate surface area is 128 Å². The molecule has 0 unspecified atom stereocenters. The molecular formula is C17H28FN3. The third-order valence-electron chi connectivity index (χ3n) is 4.29. The third kappa shape index (κ3) is 5.06. The Morgan fingerprint density at radius 3 is 2.33 bits per heavy atom. The van der Waals surface area contributed by atoms with E-state index in [4.69, 9.17) is 0 Å². The molecule has 0 spiro atoms. The predicted molar refractivity (Wildman–Crippen MR) is 86.0 cm³/mol. The van der Waals surface area contributed by atoms with Crippen LogP contribution in [0.5, 0.6) is 0 Å². The molecule has 21 heavy (non-hydrogen) atoms. The van der Waals surface area contributed by atoms with Crippen molar-refractivity contribution in [1.29, 1.82) is 0 Å². The van der Waals surface area contributed by atoms with Crippen molar-refractivity contribution in [2.24, 2.45) is 0 Å². The lowest BCUT2D eigenvalue weighted by atomic mass is 10.0. The summed E-state index contributed by atoms with van der Waals surface area (Å²) in [6, 6.07) is 7.60. The van der Waals surface area contributed by atoms with Crippen molar-refractivity contribution >= 4 is 0 Å². The van der Waals surface area contributed by atoms with Crippen molar-refractivity contribution in [2.75, 3.05) is 39.8 Å². The van der Waals surface area contributed by atoms with Gasteiger partial charge in [-0.05, 0) is 38.1 Å². The van der Waals surface area contributed by atoms with Gasteiger partial charge < -0.3 is 10.2 Å². The molecule has 4 heteroatoms. The zero-order chi connectivity index (χ0) is 15.2. The molecule has 1 saturated heterocycles. The van der Waals surface area contributed by atoms with Gasteiger partial charge in [0.05, 0.1) is 0 Å². The van der Waals surface area contributed by atoms with E-state index in [0.29, 0.717) is 12.1 Å². The number of nitrogens with zero attached hydrogens (tertiary/aromatic N) is 2. The molecule has 0 radical (unpaired) electrons. The summed E-state index contributed by atoms with van der Waals surface area (Å²) in [6.45, 7) is 10.1. The van der Waals surface area contributed by atoms with Crippen LogP contribution in [0.2, 0.25) is 0 Å². The van der Waals surface area contributed by atoms with Crippen LogP contribution in [-0.2, 0) is 0 Å². The zero-order valence-corrected chi connectivity index (χ0v) is 13.5. The molecule has 3 nitrogen and oxygen atoms in total. The fraction of sp³-hybridized carbons (Fsp3) is 0.647. The highest BCUT2D eigenvalue weighted by molar-refractivity contribution is 5.19. The minimum atomic E-state index is -0.168. The Morgan fingerprint density at radius 1 is 1.14 bits per heavy atom. The maximum atomic E-state index is 13.0. The maximum Gasteiger partial charge on any atom is 0.123 e. The van der Waals surface area contributed by atoms with Gasteiger partial charge in [0.1, 0.15) is 5.82 Å². The predicted octanol–water partition coefficient (Wildman–Crippen LogP) is 2.50. The molecule has 2 atom stereocenters. The fourth-order valence-electron chi connectivity index (χ4n) is 2.96. The van der Waals surface area contributed by atoms with Crippen LogP contribution in [0.4, 0.5) is 4.39 Å². The molecule has 0 saturated carbocycles. The second-order valence-corrected chi connectivity index (χ2v) is 6.18. The monoisotopic (exact) mass is 293 g/mol. The lowest BCUT2D eigenvalue weighted by Gasteiger charge is -2.35. The van der Waals surface area contributed by atoms with Crippen LogP contribution in [0.1, 0.15) is 31.9 Å². The Balaban J connectivity index is 1.84. The summed E-state index contributed by atoms with van der Waals surface area (Å²) in [5.74, 6) is -0.168. The van der Waals surface area contributed by atoms with Gasteiger partial charge in [-0.2, -0.15) is 0 Å². The first-order valence-corrected chi connectivity index (χ1v) is 8.01. The number of benzene rings is 1. The average molecular weight is 293 g/mol. The highest BCUT2D eigenvalue weighted by Crippen LogP contribution is 2.18. The molecule has 0 aliphatic carbocycles. The van der Waals surface area contributed by atoms with E-state index in [9.17, 15) is 4.39 Å². The molecule has 1 heterocycles. The van der Waals surface area contributed by atoms with E-state index in [1.807, 2.05) is 12.1 Å². The summed E-state index contributed by atoms with van der Waals surface area (Å²) in [6.07, 6.45) is 1.01. The number of hydrogen-bond donors (Lipinski definition) is 1. The first kappa shape index (κ1) is 16.4. The highest BCUT2D eigenvalue weighted by atomic mass is 19.1. The number of hydrogen-bond acceptors (Lipinski definition) is 3. The van der Waals surface area contributed by atoms with Crippen LogP contribution in [0, 0.1) is 5.82 Å². The minimum absolute atomic E-state index is 0.168. The standard InChI is InChI=1S/C17H28FN3/c1-4-17(15-5-7-16(18)8-6-15)19-14(2)13-21-11-9-20(3)10-12-21/h5-8,14,17,19H,4,9-13H2,1-3H3/t14-,17+/m1/s1. The van der Waals surface area contributed by atoms with Gasteiger partial charge in [-0.3, -0.25) is 4.90 Å². The van der Waals surface area contributed by atoms with Crippen molar-refractivity contribution in [3.63, 3.8) is 0 Å². The highest BCUT2D eigenvalue weighted by Gasteiger charge is 2.18. The van der Waals surface area contributed by atoms with Crippen molar-refractivity contribution < 1.29 is 4.39 Å². The summed E-state index contributed by atoms with van der Waals surface area (Å²) < 4.78 is 13.0. The first-order valence-electron chi connectivity index (χ1n) is 8.01. The lowest BCUT2D eigenvalue weighted by molar-refractivity contribution is 0.142. The third-order valence-corrected chi connectivity index (χ3v) is 4.29. The SMILES string of the molecule is CC[C@H](N[C@H](C)CN1CCN(C)CC1)c1ccc(F)cc1. The quantitative estimate of drug-likeness (QED) is 0.869. The van der Waals surface area contributed by atoms with Gasteiger partial charge in [0.2, 0.25) is 0 Å². The molecule has 1 N–H and O–H groups in total. The normalized spacial score (nSPS) is 20.4. The summed E-state index contributed by atoms with van der Waals surface area (Å²) in [7, 11) is 2.18. The number of nitrogens with one attached hydrogen (secondary N) is 1. The topological polar surface area (TPSA) is 18.5 Å². The number of likely N-dealkylation sites (N-methyl/N-ethyl adjacent to an activating group) is 1. The Morgan fingerprint density at radius 2 is 1.76 bits per heavy atom. The largest absolute Gasteiger partial charge is 0.306 e. The number of halogens is 1. The van der Waals surface area contributed by atoms with E-state index in [0.717, 1.165) is 39.1 Å². The molecule has 0 amide bonds. The van der Waals surface area contributed by atoms with Crippen molar-refractivity contribution in [2.45, 2.75) is 32.4 Å². The molecule has 2 rings (SSSR count). The van der Waals surface area contributed by atoms with Gasteiger partial charge in [-0.25, -0.2) is 4.39 Å². The lowest BCUT2D eigenvalue weighted by Crippen LogP contribution is -2.49. The van der Waals surface area contributed by atoms with Crippen molar-refractivity contribution in [3.05, 3.63) is 35.6 Å². The second-order valence-electron chi connectivity index (χ2n) is 6.18. The van der Waals surface area contributed by atoms with Crippen molar-refractivity contribution in [1.82, 2.24) is 15.1 Å². The molecule has 0 aromatic heterocycles. The first-order chi connectivity index (χ1) is 10.1. The van der Waals surface area contributed by atoms with E-state index in [1.165, 1.54) is 5.56 Å². The van der Waals surface area contributed by atoms with Gasteiger partial charge in [-0.1, -0.05) is 19.1 Å². The molecule has 0 bridgehead atoms. The Kier molecular flexibility index (Phi) is 6.15. The molecule has 1 fully saturated rings. The summed E-state index contributed by atoms with van der Waals surface area (Å²) in [5, 5.41) is 3.68.